The number of anilines is 6. The molecule has 2 heterocycles. The Kier molecular flexibility index (Phi) is 9.71. The van der Waals surface area contributed by atoms with Crippen LogP contribution in [-0.2, 0) is 16.2 Å². The van der Waals surface area contributed by atoms with Gasteiger partial charge in [0.1, 0.15) is 0 Å². The first-order valence-corrected chi connectivity index (χ1v) is 25.7. The van der Waals surface area contributed by atoms with Gasteiger partial charge in [0.05, 0.1) is 13.8 Å². The largest absolute Gasteiger partial charge is 0.311 e. The molecule has 0 N–H and O–H groups in total. The fourth-order valence-corrected chi connectivity index (χ4v) is 10.9. The molecular weight excluding hydrogens is 752 g/mol. The summed E-state index contributed by atoms with van der Waals surface area (Å²) < 4.78 is 0. The normalized spacial score (nSPS) is 13.8. The molecule has 0 atom stereocenters. The van der Waals surface area contributed by atoms with Gasteiger partial charge in [-0.3, -0.25) is 0 Å². The van der Waals surface area contributed by atoms with Crippen molar-refractivity contribution >= 4 is 70.5 Å². The zero-order valence-corrected chi connectivity index (χ0v) is 39.4. The Hall–Kier alpha value is -5.58. The Morgan fingerprint density at radius 3 is 1.59 bits per heavy atom. The van der Waals surface area contributed by atoms with E-state index in [1.165, 1.54) is 94.6 Å². The van der Waals surface area contributed by atoms with Crippen molar-refractivity contribution in [1.29, 1.82) is 0 Å². The van der Waals surface area contributed by atoms with E-state index in [9.17, 15) is 0 Å². The van der Waals surface area contributed by atoms with E-state index in [0.29, 0.717) is 0 Å². The number of aryl methyl sites for hydroxylation is 1. The van der Waals surface area contributed by atoms with Crippen LogP contribution >= 0.6 is 0 Å². The smallest absolute Gasteiger partial charge is 0.252 e. The lowest BCUT2D eigenvalue weighted by atomic mass is 9.33. The maximum atomic E-state index is 2.62. The molecule has 0 amide bonds. The quantitative estimate of drug-likeness (QED) is 0.154. The summed E-state index contributed by atoms with van der Waals surface area (Å²) in [5.41, 5.74) is 20.4. The van der Waals surface area contributed by atoms with Gasteiger partial charge in [-0.15, -0.1) is 0 Å². The third-order valence-corrected chi connectivity index (χ3v) is 15.5. The third kappa shape index (κ3) is 7.07. The summed E-state index contributed by atoms with van der Waals surface area (Å²) in [5, 5.41) is 1.49. The van der Waals surface area contributed by atoms with Crippen LogP contribution in [0.5, 0.6) is 0 Å². The molecule has 2 nitrogen and oxygen atoms in total. The minimum absolute atomic E-state index is 0.00579. The lowest BCUT2D eigenvalue weighted by molar-refractivity contribution is 0.590. The standard InChI is InChI=1S/C57H61BN2Si/c1-38-33-52-54-53(34-38)60(49-30-26-43(35-46(49)39-19-15-13-16-20-39)57(8,9)41-21-17-14-18-22-41)51-32-29-45(61(10,11)12)37-48(51)58(54)47-36-42(56(5,6)7)25-31-50(47)59(52)44-27-23-40(24-28-44)55(2,3)4/h13-37H,1-12H3. The van der Waals surface area contributed by atoms with Gasteiger partial charge in [0.15, 0.2) is 0 Å². The van der Waals surface area contributed by atoms with Gasteiger partial charge in [-0.1, -0.05) is 183 Å². The maximum Gasteiger partial charge on any atom is 0.252 e. The van der Waals surface area contributed by atoms with Crippen molar-refractivity contribution in [1.82, 2.24) is 0 Å². The molecule has 2 aliphatic heterocycles. The van der Waals surface area contributed by atoms with Gasteiger partial charge in [0, 0.05) is 39.4 Å². The summed E-state index contributed by atoms with van der Waals surface area (Å²) in [6, 6.07) is 58.3. The maximum absolute atomic E-state index is 2.62. The van der Waals surface area contributed by atoms with Crippen molar-refractivity contribution in [2.75, 3.05) is 9.80 Å². The van der Waals surface area contributed by atoms with Crippen LogP contribution in [-0.4, -0.2) is 14.8 Å². The molecule has 0 radical (unpaired) electrons. The number of hydrogen-bond donors (Lipinski definition) is 0. The number of fused-ring (bicyclic) bond motifs is 4. The van der Waals surface area contributed by atoms with Gasteiger partial charge in [-0.2, -0.15) is 0 Å². The van der Waals surface area contributed by atoms with E-state index in [-0.39, 0.29) is 23.0 Å². The number of rotatable bonds is 6. The van der Waals surface area contributed by atoms with Gasteiger partial charge in [-0.25, -0.2) is 0 Å². The molecule has 0 spiro atoms. The van der Waals surface area contributed by atoms with Gasteiger partial charge < -0.3 is 9.80 Å². The molecule has 0 fully saturated rings. The Balaban J connectivity index is 1.37. The molecule has 61 heavy (non-hydrogen) atoms. The number of hydrogen-bond acceptors (Lipinski definition) is 2. The predicted molar refractivity (Wildman–Crippen MR) is 270 cm³/mol. The Morgan fingerprint density at radius 1 is 0.443 bits per heavy atom. The van der Waals surface area contributed by atoms with Crippen LogP contribution in [0.3, 0.4) is 0 Å². The highest BCUT2D eigenvalue weighted by Crippen LogP contribution is 2.48. The summed E-state index contributed by atoms with van der Waals surface area (Å²) >= 11 is 0. The summed E-state index contributed by atoms with van der Waals surface area (Å²) in [7, 11) is -1.71. The minimum atomic E-state index is -1.71. The van der Waals surface area contributed by atoms with E-state index in [4.69, 9.17) is 0 Å². The van der Waals surface area contributed by atoms with Crippen molar-refractivity contribution in [3.8, 4) is 11.1 Å². The molecule has 2 aliphatic rings. The molecule has 0 saturated heterocycles. The molecule has 0 saturated carbocycles. The highest BCUT2D eigenvalue weighted by atomic mass is 28.3. The molecule has 7 aromatic rings. The summed E-state index contributed by atoms with van der Waals surface area (Å²) in [6.45, 7) is 28.4. The van der Waals surface area contributed by atoms with Crippen LogP contribution in [0.1, 0.15) is 83.2 Å². The van der Waals surface area contributed by atoms with Crippen LogP contribution < -0.4 is 31.4 Å². The van der Waals surface area contributed by atoms with Crippen LogP contribution in [0.15, 0.2) is 152 Å². The highest BCUT2D eigenvalue weighted by molar-refractivity contribution is 7.01. The van der Waals surface area contributed by atoms with Crippen molar-refractivity contribution in [2.24, 2.45) is 0 Å². The first-order chi connectivity index (χ1) is 28.8. The van der Waals surface area contributed by atoms with E-state index >= 15 is 0 Å². The van der Waals surface area contributed by atoms with E-state index in [0.717, 1.165) is 0 Å². The average Bonchev–Trinajstić information content (AvgIpc) is 3.22. The fraction of sp³-hybridized carbons (Fsp3) is 0.263. The zero-order chi connectivity index (χ0) is 43.2. The van der Waals surface area contributed by atoms with Crippen molar-refractivity contribution in [3.63, 3.8) is 0 Å². The SMILES string of the molecule is Cc1cc2c3c(c1)N(c1ccc(C(C)(C)c4ccccc4)cc1-c1ccccc1)c1ccc([Si](C)(C)C)cc1B3c1cc(C(C)(C)C)ccc1N2c1ccc(C(C)(C)C)cc1. The molecule has 0 bridgehead atoms. The van der Waals surface area contributed by atoms with Crippen molar-refractivity contribution in [2.45, 2.75) is 98.2 Å². The monoisotopic (exact) mass is 812 g/mol. The predicted octanol–water partition coefficient (Wildman–Crippen LogP) is 13.2. The van der Waals surface area contributed by atoms with Crippen molar-refractivity contribution < 1.29 is 0 Å². The van der Waals surface area contributed by atoms with Gasteiger partial charge in [0.2, 0.25) is 0 Å². The van der Waals surface area contributed by atoms with Crippen LogP contribution in [0, 0.1) is 6.92 Å². The van der Waals surface area contributed by atoms with Gasteiger partial charge in [-0.05, 0) is 116 Å². The molecule has 0 aromatic heterocycles. The third-order valence-electron chi connectivity index (χ3n) is 13.5. The van der Waals surface area contributed by atoms with Gasteiger partial charge in [0.25, 0.3) is 6.71 Å². The van der Waals surface area contributed by atoms with E-state index in [2.05, 4.69) is 243 Å². The topological polar surface area (TPSA) is 6.48 Å². The summed E-state index contributed by atoms with van der Waals surface area (Å²) in [6.07, 6.45) is 0. The lowest BCUT2D eigenvalue weighted by Gasteiger charge is -2.45. The van der Waals surface area contributed by atoms with E-state index in [1.54, 1.807) is 0 Å². The first-order valence-electron chi connectivity index (χ1n) is 22.2. The minimum Gasteiger partial charge on any atom is -0.311 e. The molecule has 306 valence electrons. The Morgan fingerprint density at radius 2 is 0.967 bits per heavy atom. The molecule has 0 unspecified atom stereocenters. The Bertz CT molecular complexity index is 2780. The second-order valence-corrected chi connectivity index (χ2v) is 26.3. The van der Waals surface area contributed by atoms with Crippen LogP contribution in [0.2, 0.25) is 19.6 Å². The summed E-state index contributed by atoms with van der Waals surface area (Å²) in [5.74, 6) is 0. The molecule has 9 rings (SSSR count). The average molecular weight is 813 g/mol. The highest BCUT2D eigenvalue weighted by Gasteiger charge is 2.45. The number of benzene rings is 7. The lowest BCUT2D eigenvalue weighted by Crippen LogP contribution is -2.62. The van der Waals surface area contributed by atoms with E-state index in [1.807, 2.05) is 0 Å². The van der Waals surface area contributed by atoms with Crippen LogP contribution in [0.25, 0.3) is 11.1 Å². The summed E-state index contributed by atoms with van der Waals surface area (Å²) in [4.78, 5) is 5.18. The van der Waals surface area contributed by atoms with Crippen LogP contribution in [0.4, 0.5) is 34.1 Å². The molecule has 0 aliphatic carbocycles. The molecule has 7 aromatic carbocycles. The zero-order valence-electron chi connectivity index (χ0n) is 38.4. The molecule has 4 heteroatoms. The Labute approximate surface area is 367 Å². The second kappa shape index (κ2) is 14.5. The number of nitrogens with zero attached hydrogens (tertiary/aromatic N) is 2. The van der Waals surface area contributed by atoms with Crippen molar-refractivity contribution in [3.05, 3.63) is 179 Å². The fourth-order valence-electron chi connectivity index (χ4n) is 9.71. The first kappa shape index (κ1) is 40.8. The van der Waals surface area contributed by atoms with E-state index < -0.39 is 8.07 Å². The van der Waals surface area contributed by atoms with Gasteiger partial charge >= 0.3 is 0 Å². The molecular formula is C57H61BN2Si. The second-order valence-electron chi connectivity index (χ2n) is 21.3.